The molecular formula is C28H36O5. The first-order chi connectivity index (χ1) is 16.1. The summed E-state index contributed by atoms with van der Waals surface area (Å²) in [6, 6.07) is 11.7. The lowest BCUT2D eigenvalue weighted by atomic mass is 9.72. The Hall–Kier alpha value is -2.69. The molecule has 178 valence electrons. The normalized spacial score (nSPS) is 18.5. The molecule has 0 heterocycles. The molecule has 1 saturated carbocycles. The van der Waals surface area contributed by atoms with Gasteiger partial charge in [-0.05, 0) is 23.3 Å². The van der Waals surface area contributed by atoms with Crippen molar-refractivity contribution < 1.29 is 23.9 Å². The molecule has 2 unspecified atom stereocenters. The Morgan fingerprint density at radius 1 is 0.939 bits per heavy atom. The summed E-state index contributed by atoms with van der Waals surface area (Å²) in [4.78, 5) is 37.6. The van der Waals surface area contributed by atoms with Gasteiger partial charge in [0.1, 0.15) is 17.5 Å². The van der Waals surface area contributed by atoms with E-state index in [2.05, 4.69) is 6.92 Å². The summed E-state index contributed by atoms with van der Waals surface area (Å²) in [7, 11) is 1.28. The number of hydrogen-bond acceptors (Lipinski definition) is 5. The third kappa shape index (κ3) is 6.43. The molecule has 1 aliphatic carbocycles. The van der Waals surface area contributed by atoms with Gasteiger partial charge in [-0.1, -0.05) is 82.2 Å². The van der Waals surface area contributed by atoms with Crippen molar-refractivity contribution in [3.8, 4) is 5.75 Å². The van der Waals surface area contributed by atoms with Gasteiger partial charge in [-0.15, -0.1) is 0 Å². The largest absolute Gasteiger partial charge is 0.493 e. The van der Waals surface area contributed by atoms with E-state index in [0.29, 0.717) is 12.4 Å². The Balaban J connectivity index is 1.78. The zero-order valence-corrected chi connectivity index (χ0v) is 19.9. The van der Waals surface area contributed by atoms with Gasteiger partial charge >= 0.3 is 5.97 Å². The number of fused-ring (bicyclic) bond motifs is 1. The lowest BCUT2D eigenvalue weighted by molar-refractivity contribution is -0.152. The molecule has 1 fully saturated rings. The van der Waals surface area contributed by atoms with Crippen LogP contribution in [0, 0.1) is 5.92 Å². The Morgan fingerprint density at radius 3 is 2.36 bits per heavy atom. The summed E-state index contributed by atoms with van der Waals surface area (Å²) in [5, 5.41) is 1.90. The summed E-state index contributed by atoms with van der Waals surface area (Å²) in [6.45, 7) is 2.79. The number of esters is 1. The van der Waals surface area contributed by atoms with E-state index in [-0.39, 0.29) is 24.4 Å². The van der Waals surface area contributed by atoms with Gasteiger partial charge in [-0.2, -0.15) is 0 Å². The second-order valence-corrected chi connectivity index (χ2v) is 9.02. The van der Waals surface area contributed by atoms with E-state index in [1.54, 1.807) is 0 Å². The third-order valence-electron chi connectivity index (χ3n) is 6.58. The van der Waals surface area contributed by atoms with Gasteiger partial charge in [0, 0.05) is 17.9 Å². The minimum Gasteiger partial charge on any atom is -0.493 e. The van der Waals surface area contributed by atoms with E-state index < -0.39 is 17.8 Å². The maximum absolute atomic E-state index is 12.7. The van der Waals surface area contributed by atoms with E-state index in [0.717, 1.165) is 29.2 Å². The van der Waals surface area contributed by atoms with Crippen LogP contribution in [0.1, 0.15) is 82.6 Å². The first-order valence-corrected chi connectivity index (χ1v) is 12.3. The summed E-state index contributed by atoms with van der Waals surface area (Å²) in [5.74, 6) is -2.01. The van der Waals surface area contributed by atoms with Gasteiger partial charge in [0.25, 0.3) is 0 Å². The van der Waals surface area contributed by atoms with Crippen molar-refractivity contribution in [1.82, 2.24) is 0 Å². The fraction of sp³-hybridized carbons (Fsp3) is 0.536. The summed E-state index contributed by atoms with van der Waals surface area (Å²) in [6.07, 6.45) is 9.62. The van der Waals surface area contributed by atoms with Gasteiger partial charge in [0.2, 0.25) is 0 Å². The summed E-state index contributed by atoms with van der Waals surface area (Å²) in [5.41, 5.74) is 0.768. The molecule has 1 aliphatic rings. The van der Waals surface area contributed by atoms with Crippen molar-refractivity contribution in [3.05, 3.63) is 42.0 Å². The topological polar surface area (TPSA) is 69.7 Å². The maximum Gasteiger partial charge on any atom is 0.316 e. The molecule has 3 rings (SSSR count). The zero-order valence-electron chi connectivity index (χ0n) is 19.9. The number of carbonyl (C=O) groups is 3. The van der Waals surface area contributed by atoms with Crippen LogP contribution in [-0.2, 0) is 19.1 Å². The molecule has 0 radical (unpaired) electrons. The summed E-state index contributed by atoms with van der Waals surface area (Å²) >= 11 is 0. The number of Topliss-reactive ketones (excluding diaryl/α,β-unsaturated/α-hetero) is 2. The molecule has 0 aliphatic heterocycles. The molecule has 5 heteroatoms. The summed E-state index contributed by atoms with van der Waals surface area (Å²) < 4.78 is 11.1. The Kier molecular flexibility index (Phi) is 9.47. The van der Waals surface area contributed by atoms with Crippen molar-refractivity contribution in [2.24, 2.45) is 5.92 Å². The molecule has 0 aromatic heterocycles. The molecule has 0 bridgehead atoms. The molecule has 2 aromatic carbocycles. The van der Waals surface area contributed by atoms with Crippen LogP contribution in [0.3, 0.4) is 0 Å². The smallest absolute Gasteiger partial charge is 0.316 e. The van der Waals surface area contributed by atoms with Crippen molar-refractivity contribution in [3.63, 3.8) is 0 Å². The average molecular weight is 453 g/mol. The maximum atomic E-state index is 12.7. The molecule has 0 amide bonds. The van der Waals surface area contributed by atoms with Crippen LogP contribution in [0.4, 0.5) is 0 Å². The minimum absolute atomic E-state index is 0.133. The van der Waals surface area contributed by atoms with Crippen LogP contribution < -0.4 is 4.74 Å². The quantitative estimate of drug-likeness (QED) is 0.219. The average Bonchev–Trinajstić information content (AvgIpc) is 2.81. The highest BCUT2D eigenvalue weighted by atomic mass is 16.5. The Labute approximate surface area is 196 Å². The molecule has 33 heavy (non-hydrogen) atoms. The van der Waals surface area contributed by atoms with Gasteiger partial charge < -0.3 is 9.47 Å². The second-order valence-electron chi connectivity index (χ2n) is 9.02. The van der Waals surface area contributed by atoms with Crippen molar-refractivity contribution in [2.45, 2.75) is 77.0 Å². The molecule has 2 aromatic rings. The van der Waals surface area contributed by atoms with Crippen LogP contribution in [0.15, 0.2) is 36.4 Å². The van der Waals surface area contributed by atoms with E-state index in [1.807, 2.05) is 36.4 Å². The fourth-order valence-corrected chi connectivity index (χ4v) is 4.86. The predicted octanol–water partition coefficient (Wildman–Crippen LogP) is 6.16. The molecule has 0 saturated heterocycles. The molecule has 0 N–H and O–H groups in total. The van der Waals surface area contributed by atoms with Crippen molar-refractivity contribution >= 4 is 28.3 Å². The lowest BCUT2D eigenvalue weighted by Crippen LogP contribution is -2.38. The highest BCUT2D eigenvalue weighted by molar-refractivity contribution is 6.12. The van der Waals surface area contributed by atoms with Crippen LogP contribution in [0.25, 0.3) is 10.8 Å². The Morgan fingerprint density at radius 2 is 1.64 bits per heavy atom. The monoisotopic (exact) mass is 452 g/mol. The predicted molar refractivity (Wildman–Crippen MR) is 130 cm³/mol. The highest BCUT2D eigenvalue weighted by Crippen LogP contribution is 2.43. The number of unbranched alkanes of at least 4 members (excludes halogenated alkanes) is 7. The van der Waals surface area contributed by atoms with Gasteiger partial charge in [-0.25, -0.2) is 0 Å². The number of ketones is 2. The first kappa shape index (κ1) is 24.9. The van der Waals surface area contributed by atoms with Crippen molar-refractivity contribution in [2.75, 3.05) is 13.7 Å². The van der Waals surface area contributed by atoms with Gasteiger partial charge in [0.05, 0.1) is 20.1 Å². The van der Waals surface area contributed by atoms with Crippen LogP contribution in [0.2, 0.25) is 0 Å². The van der Waals surface area contributed by atoms with Crippen LogP contribution in [-0.4, -0.2) is 31.3 Å². The van der Waals surface area contributed by atoms with Crippen LogP contribution in [0.5, 0.6) is 5.75 Å². The number of rotatable bonds is 12. The number of hydrogen-bond donors (Lipinski definition) is 0. The van der Waals surface area contributed by atoms with E-state index >= 15 is 0 Å². The first-order valence-electron chi connectivity index (χ1n) is 12.3. The molecular weight excluding hydrogens is 416 g/mol. The molecule has 2 atom stereocenters. The zero-order chi connectivity index (χ0) is 23.6. The molecule has 0 spiro atoms. The number of methoxy groups -OCH3 is 1. The minimum atomic E-state index is -0.982. The van der Waals surface area contributed by atoms with Crippen molar-refractivity contribution in [1.29, 1.82) is 0 Å². The van der Waals surface area contributed by atoms with Gasteiger partial charge in [-0.3, -0.25) is 14.4 Å². The van der Waals surface area contributed by atoms with E-state index in [9.17, 15) is 14.4 Å². The molecule has 5 nitrogen and oxygen atoms in total. The SMILES string of the molecule is CCCCCCCCCCOc1ccc2ccccc2c1C1CC(=O)CC(=O)C1C(=O)OC. The van der Waals surface area contributed by atoms with E-state index in [4.69, 9.17) is 9.47 Å². The van der Waals surface area contributed by atoms with Crippen LogP contribution >= 0.6 is 0 Å². The number of ether oxygens (including phenoxy) is 2. The third-order valence-corrected chi connectivity index (χ3v) is 6.58. The fourth-order valence-electron chi connectivity index (χ4n) is 4.86. The van der Waals surface area contributed by atoms with E-state index in [1.165, 1.54) is 45.6 Å². The highest BCUT2D eigenvalue weighted by Gasteiger charge is 2.43. The lowest BCUT2D eigenvalue weighted by Gasteiger charge is -2.30. The second kappa shape index (κ2) is 12.5. The Bertz CT molecular complexity index is 964. The standard InChI is InChI=1S/C28H36O5/c1-3-4-5-6-7-8-9-12-17-33-25-16-15-20-13-10-11-14-22(20)26(25)23-18-21(29)19-24(30)27(23)28(31)32-2/h10-11,13-16,23,27H,3-9,12,17-19H2,1-2H3. The number of carbonyl (C=O) groups excluding carboxylic acids is 3. The van der Waals surface area contributed by atoms with Gasteiger partial charge in [0.15, 0.2) is 5.78 Å². The number of benzene rings is 2.